The molecule has 1 aliphatic carbocycles. The van der Waals surface area contributed by atoms with Crippen LogP contribution in [-0.4, -0.2) is 88.8 Å². The maximum absolute atomic E-state index is 14.8. The Balaban J connectivity index is 1.52. The third kappa shape index (κ3) is 6.06. The molecule has 3 saturated heterocycles. The van der Waals surface area contributed by atoms with Crippen molar-refractivity contribution in [3.8, 4) is 5.75 Å². The minimum Gasteiger partial charge on any atom is -0.494 e. The molecular formula is C36H51N3O6. The monoisotopic (exact) mass is 621 g/mol. The van der Waals surface area contributed by atoms with Crippen LogP contribution in [0.3, 0.4) is 0 Å². The van der Waals surface area contributed by atoms with Crippen LogP contribution in [0.15, 0.2) is 49.6 Å². The van der Waals surface area contributed by atoms with Crippen LogP contribution >= 0.6 is 0 Å². The average molecular weight is 622 g/mol. The molecule has 0 radical (unpaired) electrons. The number of nitrogens with zero attached hydrogens (tertiary/aromatic N) is 3. The van der Waals surface area contributed by atoms with Gasteiger partial charge in [0.1, 0.15) is 17.4 Å². The predicted molar refractivity (Wildman–Crippen MR) is 174 cm³/mol. The fraction of sp³-hybridized carbons (Fsp3) is 0.639. The highest BCUT2D eigenvalue weighted by molar-refractivity contribution is 6.03. The largest absolute Gasteiger partial charge is 0.494 e. The van der Waals surface area contributed by atoms with Gasteiger partial charge in [-0.3, -0.25) is 14.4 Å². The van der Waals surface area contributed by atoms with Crippen molar-refractivity contribution in [1.29, 1.82) is 0 Å². The van der Waals surface area contributed by atoms with E-state index in [-0.39, 0.29) is 36.9 Å². The highest BCUT2D eigenvalue weighted by atomic mass is 16.5. The number of hydrogen-bond acceptors (Lipinski definition) is 6. The van der Waals surface area contributed by atoms with Crippen molar-refractivity contribution in [1.82, 2.24) is 9.80 Å². The van der Waals surface area contributed by atoms with E-state index in [1.54, 1.807) is 22.0 Å². The van der Waals surface area contributed by atoms with E-state index in [1.807, 2.05) is 43.0 Å². The fourth-order valence-corrected chi connectivity index (χ4v) is 8.51. The average Bonchev–Trinajstić information content (AvgIpc) is 3.61. The zero-order valence-corrected chi connectivity index (χ0v) is 27.1. The number of aliphatic hydroxyl groups excluding tert-OH is 1. The van der Waals surface area contributed by atoms with E-state index in [9.17, 15) is 19.5 Å². The smallest absolute Gasteiger partial charge is 0.248 e. The van der Waals surface area contributed by atoms with Gasteiger partial charge in [0.05, 0.1) is 24.0 Å². The summed E-state index contributed by atoms with van der Waals surface area (Å²) in [5.41, 5.74) is -1.26. The van der Waals surface area contributed by atoms with Crippen LogP contribution in [0.5, 0.6) is 5.75 Å². The molecule has 4 fully saturated rings. The van der Waals surface area contributed by atoms with E-state index in [4.69, 9.17) is 9.47 Å². The van der Waals surface area contributed by atoms with Crippen LogP contribution in [0, 0.1) is 11.8 Å². The Morgan fingerprint density at radius 3 is 2.40 bits per heavy atom. The van der Waals surface area contributed by atoms with Crippen molar-refractivity contribution in [3.63, 3.8) is 0 Å². The van der Waals surface area contributed by atoms with Gasteiger partial charge in [0.2, 0.25) is 17.7 Å². The summed E-state index contributed by atoms with van der Waals surface area (Å²) < 4.78 is 12.5. The van der Waals surface area contributed by atoms with Gasteiger partial charge in [0, 0.05) is 38.0 Å². The van der Waals surface area contributed by atoms with Crippen molar-refractivity contribution in [2.75, 3.05) is 37.7 Å². The minimum atomic E-state index is -1.08. The number of carbonyl (C=O) groups excluding carboxylic acids is 3. The van der Waals surface area contributed by atoms with E-state index in [1.165, 1.54) is 6.42 Å². The molecule has 1 aromatic carbocycles. The lowest BCUT2D eigenvalue weighted by molar-refractivity contribution is -0.153. The Morgan fingerprint density at radius 2 is 1.76 bits per heavy atom. The van der Waals surface area contributed by atoms with Gasteiger partial charge >= 0.3 is 0 Å². The number of likely N-dealkylation sites (tertiary alicyclic amines) is 1. The third-order valence-electron chi connectivity index (χ3n) is 10.5. The molecule has 9 nitrogen and oxygen atoms in total. The number of unbranched alkanes of at least 4 members (excludes halogenated alkanes) is 2. The van der Waals surface area contributed by atoms with Crippen molar-refractivity contribution in [3.05, 3.63) is 49.6 Å². The molecule has 5 atom stereocenters. The zero-order valence-electron chi connectivity index (χ0n) is 27.1. The molecule has 2 unspecified atom stereocenters. The van der Waals surface area contributed by atoms with Crippen LogP contribution in [0.1, 0.15) is 78.1 Å². The second-order valence-corrected chi connectivity index (χ2v) is 13.3. The molecular weight excluding hydrogens is 570 g/mol. The Morgan fingerprint density at radius 1 is 1.04 bits per heavy atom. The molecule has 2 bridgehead atoms. The lowest BCUT2D eigenvalue weighted by atomic mass is 9.66. The van der Waals surface area contributed by atoms with Gasteiger partial charge in [-0.2, -0.15) is 0 Å². The van der Waals surface area contributed by atoms with Crippen LogP contribution in [0.4, 0.5) is 5.69 Å². The molecule has 9 heteroatoms. The molecule has 45 heavy (non-hydrogen) atoms. The molecule has 246 valence electrons. The molecule has 0 aromatic heterocycles. The summed E-state index contributed by atoms with van der Waals surface area (Å²) >= 11 is 0. The topological polar surface area (TPSA) is 99.6 Å². The lowest BCUT2D eigenvalue weighted by Crippen LogP contribution is -2.58. The number of aliphatic hydroxyl groups is 1. The van der Waals surface area contributed by atoms with Gasteiger partial charge < -0.3 is 29.3 Å². The lowest BCUT2D eigenvalue weighted by Gasteiger charge is -2.40. The first-order valence-electron chi connectivity index (χ1n) is 16.9. The van der Waals surface area contributed by atoms with E-state index in [2.05, 4.69) is 13.2 Å². The highest BCUT2D eigenvalue weighted by Crippen LogP contribution is 2.63. The quantitative estimate of drug-likeness (QED) is 0.222. The standard InChI is InChI=1S/C36H51N3O6/c1-5-22-37(27-16-18-28(19-17-27)44-7-3)32(41)29-30-33(42)39(24-12-9-13-25-40)31(36(30)21-20-35(29,4)45-36)34(43)38(23-6-2)26-14-10-8-11-15-26/h5-6,16-19,26,29-31,40H,1-2,7-15,20-25H2,3-4H3/t29-,30-,31?,35+,36?/m0/s1. The predicted octanol–water partition coefficient (Wildman–Crippen LogP) is 4.88. The van der Waals surface area contributed by atoms with Gasteiger partial charge in [-0.25, -0.2) is 0 Å². The molecule has 4 aliphatic rings. The van der Waals surface area contributed by atoms with Gasteiger partial charge in [0.15, 0.2) is 0 Å². The normalized spacial score (nSPS) is 29.0. The number of amides is 3. The summed E-state index contributed by atoms with van der Waals surface area (Å²) in [5.74, 6) is -1.25. The summed E-state index contributed by atoms with van der Waals surface area (Å²) in [6, 6.07) is 6.68. The van der Waals surface area contributed by atoms with Crippen molar-refractivity contribution < 1.29 is 29.0 Å². The molecule has 1 N–H and O–H groups in total. The maximum atomic E-state index is 14.8. The second kappa shape index (κ2) is 14.1. The van der Waals surface area contributed by atoms with E-state index >= 15 is 0 Å². The number of anilines is 1. The van der Waals surface area contributed by atoms with Gasteiger partial charge in [0.25, 0.3) is 0 Å². The fourth-order valence-electron chi connectivity index (χ4n) is 8.51. The first-order valence-corrected chi connectivity index (χ1v) is 16.9. The first-order chi connectivity index (χ1) is 21.8. The minimum absolute atomic E-state index is 0.0837. The number of ether oxygens (including phenoxy) is 2. The van der Waals surface area contributed by atoms with Gasteiger partial charge in [-0.15, -0.1) is 13.2 Å². The zero-order chi connectivity index (χ0) is 32.2. The van der Waals surface area contributed by atoms with Crippen molar-refractivity contribution in [2.45, 2.75) is 101 Å². The summed E-state index contributed by atoms with van der Waals surface area (Å²) in [5, 5.41) is 9.37. The van der Waals surface area contributed by atoms with Crippen LogP contribution < -0.4 is 9.64 Å². The molecule has 3 amide bonds. The molecule has 1 spiro atoms. The molecule has 3 aliphatic heterocycles. The van der Waals surface area contributed by atoms with E-state index in [0.717, 1.165) is 32.1 Å². The number of fused-ring (bicyclic) bond motifs is 1. The summed E-state index contributed by atoms with van der Waals surface area (Å²) in [4.78, 5) is 49.4. The van der Waals surface area contributed by atoms with Crippen LogP contribution in [-0.2, 0) is 19.1 Å². The molecule has 3 heterocycles. The first kappa shape index (κ1) is 33.2. The number of benzene rings is 1. The Labute approximate surface area is 268 Å². The van der Waals surface area contributed by atoms with Crippen LogP contribution in [0.2, 0.25) is 0 Å². The van der Waals surface area contributed by atoms with E-state index < -0.39 is 29.1 Å². The maximum Gasteiger partial charge on any atom is 0.248 e. The van der Waals surface area contributed by atoms with Gasteiger partial charge in [-0.05, 0) is 83.1 Å². The van der Waals surface area contributed by atoms with E-state index in [0.29, 0.717) is 56.8 Å². The third-order valence-corrected chi connectivity index (χ3v) is 10.5. The second-order valence-electron chi connectivity index (χ2n) is 13.3. The Hall–Kier alpha value is -3.17. The molecule has 5 rings (SSSR count). The molecule has 1 saturated carbocycles. The van der Waals surface area contributed by atoms with Crippen LogP contribution in [0.25, 0.3) is 0 Å². The number of carbonyl (C=O) groups is 3. The Kier molecular flexibility index (Phi) is 10.4. The van der Waals surface area contributed by atoms with Crippen molar-refractivity contribution >= 4 is 23.4 Å². The number of hydrogen-bond donors (Lipinski definition) is 1. The highest BCUT2D eigenvalue weighted by Gasteiger charge is 2.78. The number of rotatable bonds is 15. The molecule has 1 aromatic rings. The SMILES string of the molecule is C=CCN(C(=O)[C@@H]1[C@H]2C(=O)N(CCCCCO)C(C(=O)N(CC=C)C3CCCCC3)C23CC[C@@]1(C)O3)c1ccc(OCC)cc1. The summed E-state index contributed by atoms with van der Waals surface area (Å²) in [6.07, 6.45) is 11.8. The summed E-state index contributed by atoms with van der Waals surface area (Å²) in [7, 11) is 0. The van der Waals surface area contributed by atoms with Crippen molar-refractivity contribution in [2.24, 2.45) is 11.8 Å². The Bertz CT molecular complexity index is 1250. The van der Waals surface area contributed by atoms with Gasteiger partial charge in [-0.1, -0.05) is 31.4 Å². The summed E-state index contributed by atoms with van der Waals surface area (Å²) in [6.45, 7) is 13.4.